The number of hydrogen-bond acceptors (Lipinski definition) is 5. The van der Waals surface area contributed by atoms with Crippen molar-refractivity contribution in [3.8, 4) is 39.9 Å². The number of fused-ring (bicyclic) bond motifs is 11. The molecule has 274 valence electrons. The van der Waals surface area contributed by atoms with Crippen LogP contribution in [0.15, 0.2) is 186 Å². The highest BCUT2D eigenvalue weighted by Crippen LogP contribution is 2.43. The fourth-order valence-corrected chi connectivity index (χ4v) is 10.3. The van der Waals surface area contributed by atoms with Gasteiger partial charge in [-0.3, -0.25) is 0 Å². The molecule has 0 aliphatic heterocycles. The minimum absolute atomic E-state index is 0.570. The molecule has 0 fully saturated rings. The highest BCUT2D eigenvalue weighted by molar-refractivity contribution is 7.26. The van der Waals surface area contributed by atoms with Crippen molar-refractivity contribution in [2.75, 3.05) is 0 Å². The van der Waals surface area contributed by atoms with Crippen molar-refractivity contribution in [2.45, 2.75) is 0 Å². The lowest BCUT2D eigenvalue weighted by Gasteiger charge is -2.16. The highest BCUT2D eigenvalue weighted by atomic mass is 32.1. The van der Waals surface area contributed by atoms with E-state index in [2.05, 4.69) is 174 Å². The lowest BCUT2D eigenvalue weighted by atomic mass is 10.0. The number of furan rings is 1. The Kier molecular flexibility index (Phi) is 6.82. The first-order valence-electron chi connectivity index (χ1n) is 19.8. The van der Waals surface area contributed by atoms with Gasteiger partial charge in [-0.25, -0.2) is 15.0 Å². The van der Waals surface area contributed by atoms with Gasteiger partial charge in [-0.1, -0.05) is 133 Å². The van der Waals surface area contributed by atoms with Crippen LogP contribution < -0.4 is 0 Å². The number of aromatic nitrogens is 4. The molecule has 0 amide bonds. The number of thiophene rings is 1. The monoisotopic (exact) mass is 770 g/mol. The van der Waals surface area contributed by atoms with Crippen LogP contribution in [0.4, 0.5) is 0 Å². The molecule has 0 saturated carbocycles. The Hall–Kier alpha value is -7.67. The van der Waals surface area contributed by atoms with E-state index >= 15 is 0 Å². The average molecular weight is 771 g/mol. The van der Waals surface area contributed by atoms with Crippen molar-refractivity contribution in [3.63, 3.8) is 0 Å². The topological polar surface area (TPSA) is 56.7 Å². The van der Waals surface area contributed by atoms with Gasteiger partial charge in [0.1, 0.15) is 11.2 Å². The maximum absolute atomic E-state index is 6.62. The second-order valence-corrected chi connectivity index (χ2v) is 16.2. The lowest BCUT2D eigenvalue weighted by Crippen LogP contribution is -2.04. The Labute approximate surface area is 341 Å². The summed E-state index contributed by atoms with van der Waals surface area (Å²) in [6.45, 7) is 0. The van der Waals surface area contributed by atoms with Crippen LogP contribution in [-0.2, 0) is 0 Å². The predicted molar refractivity (Wildman–Crippen MR) is 246 cm³/mol. The van der Waals surface area contributed by atoms with Gasteiger partial charge < -0.3 is 8.98 Å². The third-order valence-electron chi connectivity index (χ3n) is 11.8. The maximum Gasteiger partial charge on any atom is 0.166 e. The molecular formula is C53H30N4OS. The Morgan fingerprint density at radius 1 is 0.373 bits per heavy atom. The van der Waals surface area contributed by atoms with Crippen LogP contribution in [0.1, 0.15) is 0 Å². The zero-order valence-electron chi connectivity index (χ0n) is 31.4. The molecule has 9 aromatic carbocycles. The molecule has 0 spiro atoms. The van der Waals surface area contributed by atoms with Crippen LogP contribution >= 0.6 is 11.3 Å². The summed E-state index contributed by atoms with van der Waals surface area (Å²) in [7, 11) is 0. The minimum atomic E-state index is 0.570. The molecule has 0 aliphatic rings. The summed E-state index contributed by atoms with van der Waals surface area (Å²) in [4.78, 5) is 16.3. The normalized spacial score (nSPS) is 12.1. The van der Waals surface area contributed by atoms with Crippen molar-refractivity contribution >= 4 is 96.8 Å². The molecule has 13 aromatic rings. The van der Waals surface area contributed by atoms with Gasteiger partial charge in [0.15, 0.2) is 17.5 Å². The van der Waals surface area contributed by atoms with Gasteiger partial charge in [-0.2, -0.15) is 0 Å². The summed E-state index contributed by atoms with van der Waals surface area (Å²) in [6.07, 6.45) is 0. The fraction of sp³-hybridized carbons (Fsp3) is 0. The summed E-state index contributed by atoms with van der Waals surface area (Å²) >= 11 is 1.78. The number of nitrogens with zero attached hydrogens (tertiary/aromatic N) is 4. The first-order chi connectivity index (χ1) is 29.2. The second kappa shape index (κ2) is 12.4. The summed E-state index contributed by atoms with van der Waals surface area (Å²) in [5.74, 6) is 1.81. The quantitative estimate of drug-likeness (QED) is 0.179. The molecule has 0 saturated heterocycles. The van der Waals surface area contributed by atoms with Crippen molar-refractivity contribution in [2.24, 2.45) is 0 Å². The molecule has 4 heterocycles. The molecule has 5 nitrogen and oxygen atoms in total. The van der Waals surface area contributed by atoms with E-state index in [1.165, 1.54) is 37.0 Å². The Morgan fingerprint density at radius 3 is 1.85 bits per heavy atom. The molecule has 59 heavy (non-hydrogen) atoms. The van der Waals surface area contributed by atoms with Crippen LogP contribution in [0.2, 0.25) is 0 Å². The average Bonchev–Trinajstić information content (AvgIpc) is 3.96. The first-order valence-corrected chi connectivity index (χ1v) is 20.6. The van der Waals surface area contributed by atoms with Crippen LogP contribution in [0.25, 0.3) is 125 Å². The Morgan fingerprint density at radius 2 is 0.983 bits per heavy atom. The highest BCUT2D eigenvalue weighted by Gasteiger charge is 2.24. The van der Waals surface area contributed by atoms with Gasteiger partial charge in [0.25, 0.3) is 0 Å². The Bertz CT molecular complexity index is 3870. The van der Waals surface area contributed by atoms with Crippen LogP contribution in [0.3, 0.4) is 0 Å². The van der Waals surface area contributed by atoms with Gasteiger partial charge in [-0.05, 0) is 70.1 Å². The molecule has 0 bridgehead atoms. The second-order valence-electron chi connectivity index (χ2n) is 15.1. The minimum Gasteiger partial charge on any atom is -0.456 e. The number of rotatable bonds is 4. The van der Waals surface area contributed by atoms with Gasteiger partial charge in [0, 0.05) is 58.4 Å². The zero-order valence-corrected chi connectivity index (χ0v) is 32.2. The van der Waals surface area contributed by atoms with Crippen molar-refractivity contribution in [1.29, 1.82) is 0 Å². The summed E-state index contributed by atoms with van der Waals surface area (Å²) in [5.41, 5.74) is 7.56. The third-order valence-corrected chi connectivity index (χ3v) is 13.0. The molecule has 0 atom stereocenters. The van der Waals surface area contributed by atoms with Crippen molar-refractivity contribution in [3.05, 3.63) is 182 Å². The van der Waals surface area contributed by atoms with Gasteiger partial charge >= 0.3 is 0 Å². The maximum atomic E-state index is 6.62. The molecule has 4 aromatic heterocycles. The predicted octanol–water partition coefficient (Wildman–Crippen LogP) is 14.5. The van der Waals surface area contributed by atoms with E-state index in [0.717, 1.165) is 70.8 Å². The van der Waals surface area contributed by atoms with E-state index in [1.807, 2.05) is 12.1 Å². The van der Waals surface area contributed by atoms with Gasteiger partial charge in [0.2, 0.25) is 0 Å². The molecule has 0 N–H and O–H groups in total. The van der Waals surface area contributed by atoms with Crippen LogP contribution in [-0.4, -0.2) is 19.5 Å². The van der Waals surface area contributed by atoms with Gasteiger partial charge in [0.05, 0.1) is 16.7 Å². The van der Waals surface area contributed by atoms with E-state index in [1.54, 1.807) is 11.3 Å². The summed E-state index contributed by atoms with van der Waals surface area (Å²) in [5, 5.41) is 11.5. The molecule has 0 aliphatic carbocycles. The lowest BCUT2D eigenvalue weighted by molar-refractivity contribution is 0.669. The number of para-hydroxylation sites is 2. The van der Waals surface area contributed by atoms with E-state index in [4.69, 9.17) is 19.4 Å². The van der Waals surface area contributed by atoms with E-state index in [0.29, 0.717) is 17.5 Å². The van der Waals surface area contributed by atoms with Crippen molar-refractivity contribution < 1.29 is 4.42 Å². The smallest absolute Gasteiger partial charge is 0.166 e. The van der Waals surface area contributed by atoms with E-state index in [9.17, 15) is 0 Å². The fourth-order valence-electron chi connectivity index (χ4n) is 9.12. The first kappa shape index (κ1) is 32.4. The number of hydrogen-bond donors (Lipinski definition) is 0. The molecular weight excluding hydrogens is 741 g/mol. The van der Waals surface area contributed by atoms with Crippen LogP contribution in [0.5, 0.6) is 0 Å². The Balaban J connectivity index is 1.17. The third kappa shape index (κ3) is 4.87. The molecule has 0 unspecified atom stereocenters. The number of benzene rings is 9. The molecule has 0 radical (unpaired) electrons. The molecule has 13 rings (SSSR count). The van der Waals surface area contributed by atoms with Crippen molar-refractivity contribution in [1.82, 2.24) is 19.5 Å². The van der Waals surface area contributed by atoms with Gasteiger partial charge in [-0.15, -0.1) is 11.3 Å². The summed E-state index contributed by atoms with van der Waals surface area (Å²) < 4.78 is 11.4. The molecule has 6 heteroatoms. The van der Waals surface area contributed by atoms with E-state index < -0.39 is 0 Å². The standard InChI is InChI=1S/C53H30N4OS/c1-2-15-33-28-45-41(27-32(33)14-1)35-18-5-8-24-44(35)57(45)46-29-42-36-19-6-9-25-47(36)58-48(42)30-43(46)53-55-51(39-22-11-16-31-13-3-4-17-34(31)39)54-52(56-53)40-23-12-21-38-37-20-7-10-26-49(37)59-50(38)40/h1-30H. The SMILES string of the molecule is c1ccc2cc3c(cc2c1)c1ccccc1n3-c1cc2c(cc1-c1nc(-c3cccc4ccccc34)nc(-c3cccc4c3sc3ccccc34)n1)oc1ccccc12. The zero-order chi connectivity index (χ0) is 38.6. The summed E-state index contributed by atoms with van der Waals surface area (Å²) in [6, 6.07) is 64.4. The van der Waals surface area contributed by atoms with E-state index in [-0.39, 0.29) is 0 Å². The van der Waals surface area contributed by atoms with Crippen LogP contribution in [0, 0.1) is 0 Å². The largest absolute Gasteiger partial charge is 0.456 e.